The van der Waals surface area contributed by atoms with Crippen molar-refractivity contribution in [2.75, 3.05) is 19.1 Å². The molecule has 1 saturated heterocycles. The number of carbonyl (C=O) groups excluding carboxylic acids is 2. The predicted octanol–water partition coefficient (Wildman–Crippen LogP) is 6.29. The maximum Gasteiger partial charge on any atom is 0.300 e. The molecule has 34 heavy (non-hydrogen) atoms. The summed E-state index contributed by atoms with van der Waals surface area (Å²) >= 11 is 18.7. The van der Waals surface area contributed by atoms with Crippen molar-refractivity contribution >= 4 is 57.9 Å². The Bertz CT molecular complexity index is 1310. The van der Waals surface area contributed by atoms with Gasteiger partial charge in [-0.25, -0.2) is 0 Å². The van der Waals surface area contributed by atoms with E-state index in [1.54, 1.807) is 48.5 Å². The number of nitrogens with zero attached hydrogens (tertiary/aromatic N) is 1. The van der Waals surface area contributed by atoms with E-state index in [0.717, 1.165) is 0 Å². The molecule has 0 aromatic heterocycles. The number of ketones is 1. The Kier molecular flexibility index (Phi) is 6.75. The van der Waals surface area contributed by atoms with Crippen LogP contribution in [0.25, 0.3) is 5.76 Å². The summed E-state index contributed by atoms with van der Waals surface area (Å²) in [5.74, 6) is -1.95. The number of aliphatic hydroxyl groups excluding tert-OH is 1. The average Bonchev–Trinajstić information content (AvgIpc) is 3.10. The third-order valence-corrected chi connectivity index (χ3v) is 6.34. The summed E-state index contributed by atoms with van der Waals surface area (Å²) in [7, 11) is 2.74. The topological polar surface area (TPSA) is 76.1 Å². The van der Waals surface area contributed by atoms with Gasteiger partial charge in [-0.3, -0.25) is 14.5 Å². The van der Waals surface area contributed by atoms with Gasteiger partial charge >= 0.3 is 0 Å². The van der Waals surface area contributed by atoms with E-state index >= 15 is 0 Å². The van der Waals surface area contributed by atoms with E-state index in [-0.39, 0.29) is 32.7 Å². The van der Waals surface area contributed by atoms with E-state index < -0.39 is 23.5 Å². The SMILES string of the molecule is COc1c(Cl)cc(/C(O)=C2\C(=O)C(=O)N(c3ccc(Cl)cc3)C2c2ccccc2)c(OC)c1Cl. The second-order valence-corrected chi connectivity index (χ2v) is 8.56. The molecule has 3 aromatic carbocycles. The lowest BCUT2D eigenvalue weighted by atomic mass is 9.94. The maximum atomic E-state index is 13.3. The molecule has 0 radical (unpaired) electrons. The summed E-state index contributed by atoms with van der Waals surface area (Å²) in [5.41, 5.74) is 0.968. The Morgan fingerprint density at radius 1 is 0.912 bits per heavy atom. The van der Waals surface area contributed by atoms with Crippen LogP contribution in [0, 0.1) is 0 Å². The van der Waals surface area contributed by atoms with Crippen molar-refractivity contribution in [3.63, 3.8) is 0 Å². The lowest BCUT2D eigenvalue weighted by Gasteiger charge is -2.25. The minimum atomic E-state index is -0.924. The van der Waals surface area contributed by atoms with Crippen LogP contribution in [-0.2, 0) is 9.59 Å². The van der Waals surface area contributed by atoms with Gasteiger partial charge in [0.25, 0.3) is 11.7 Å². The number of rotatable bonds is 5. The Hall–Kier alpha value is -3.19. The molecule has 9 heteroatoms. The van der Waals surface area contributed by atoms with Crippen molar-refractivity contribution in [1.82, 2.24) is 0 Å². The number of ether oxygens (including phenoxy) is 2. The molecule has 1 heterocycles. The largest absolute Gasteiger partial charge is 0.507 e. The number of carbonyl (C=O) groups is 2. The molecule has 0 spiro atoms. The molecule has 6 nitrogen and oxygen atoms in total. The Morgan fingerprint density at radius 2 is 1.53 bits per heavy atom. The Balaban J connectivity index is 2.00. The number of halogens is 3. The first-order valence-corrected chi connectivity index (χ1v) is 11.1. The summed E-state index contributed by atoms with van der Waals surface area (Å²) in [4.78, 5) is 27.8. The van der Waals surface area contributed by atoms with E-state index in [0.29, 0.717) is 16.3 Å². The first kappa shape index (κ1) is 24.0. The third kappa shape index (κ3) is 3.98. The van der Waals surface area contributed by atoms with Gasteiger partial charge in [0, 0.05) is 10.7 Å². The van der Waals surface area contributed by atoms with Crippen molar-refractivity contribution in [2.24, 2.45) is 0 Å². The third-order valence-electron chi connectivity index (χ3n) is 5.46. The first-order chi connectivity index (χ1) is 16.3. The number of aliphatic hydroxyl groups is 1. The number of hydrogen-bond donors (Lipinski definition) is 1. The summed E-state index contributed by atoms with van der Waals surface area (Å²) in [6.07, 6.45) is 0. The van der Waals surface area contributed by atoms with Gasteiger partial charge in [0.2, 0.25) is 0 Å². The molecule has 174 valence electrons. The van der Waals surface area contributed by atoms with Crippen molar-refractivity contribution in [2.45, 2.75) is 6.04 Å². The summed E-state index contributed by atoms with van der Waals surface area (Å²) in [5, 5.41) is 12.0. The molecule has 1 atom stereocenters. The van der Waals surface area contributed by atoms with Crippen molar-refractivity contribution in [3.8, 4) is 11.5 Å². The molecule has 0 bridgehead atoms. The normalized spacial score (nSPS) is 17.2. The van der Waals surface area contributed by atoms with Gasteiger partial charge in [-0.15, -0.1) is 0 Å². The number of Topliss-reactive ketones (excluding diaryl/α,β-unsaturated/α-hetero) is 1. The van der Waals surface area contributed by atoms with Crippen LogP contribution in [0.5, 0.6) is 11.5 Å². The summed E-state index contributed by atoms with van der Waals surface area (Å²) in [6, 6.07) is 15.8. The zero-order valence-electron chi connectivity index (χ0n) is 18.0. The molecule has 1 aliphatic rings. The molecule has 1 amide bonds. The molecular formula is C25H18Cl3NO5. The molecular weight excluding hydrogens is 501 g/mol. The van der Waals surface area contributed by atoms with E-state index in [2.05, 4.69) is 0 Å². The molecule has 1 fully saturated rings. The van der Waals surface area contributed by atoms with Gasteiger partial charge in [0.05, 0.1) is 36.4 Å². The Labute approximate surface area is 210 Å². The van der Waals surface area contributed by atoms with Gasteiger partial charge in [-0.2, -0.15) is 0 Å². The van der Waals surface area contributed by atoms with Crippen LogP contribution >= 0.6 is 34.8 Å². The molecule has 1 unspecified atom stereocenters. The number of methoxy groups -OCH3 is 2. The highest BCUT2D eigenvalue weighted by molar-refractivity contribution is 6.52. The van der Waals surface area contributed by atoms with Gasteiger partial charge in [-0.1, -0.05) is 65.1 Å². The number of anilines is 1. The fourth-order valence-electron chi connectivity index (χ4n) is 3.94. The summed E-state index contributed by atoms with van der Waals surface area (Å²) < 4.78 is 10.6. The summed E-state index contributed by atoms with van der Waals surface area (Å²) in [6.45, 7) is 0. The maximum absolute atomic E-state index is 13.3. The zero-order valence-corrected chi connectivity index (χ0v) is 20.3. The number of hydrogen-bond acceptors (Lipinski definition) is 5. The van der Waals surface area contributed by atoms with Crippen LogP contribution in [0.4, 0.5) is 5.69 Å². The van der Waals surface area contributed by atoms with Gasteiger partial charge in [0.15, 0.2) is 11.5 Å². The van der Waals surface area contributed by atoms with E-state index in [1.807, 2.05) is 6.07 Å². The van der Waals surface area contributed by atoms with Crippen molar-refractivity contribution in [1.29, 1.82) is 0 Å². The number of amides is 1. The van der Waals surface area contributed by atoms with Gasteiger partial charge in [0.1, 0.15) is 10.8 Å². The Morgan fingerprint density at radius 3 is 2.12 bits per heavy atom. The highest BCUT2D eigenvalue weighted by Crippen LogP contribution is 2.48. The molecule has 3 aromatic rings. The standard InChI is InChI=1S/C25H18Cl3NO5/c1-33-23-16(12-17(27)24(34-2)19(23)28)21(30)18-20(13-6-4-3-5-7-13)29(25(32)22(18)31)15-10-8-14(26)9-11-15/h3-12,20,30H,1-2H3/b21-18+. The van der Waals surface area contributed by atoms with E-state index in [4.69, 9.17) is 44.3 Å². The van der Waals surface area contributed by atoms with Crippen LogP contribution in [0.2, 0.25) is 15.1 Å². The van der Waals surface area contributed by atoms with Crippen LogP contribution in [0.15, 0.2) is 66.2 Å². The van der Waals surface area contributed by atoms with Crippen LogP contribution in [-0.4, -0.2) is 31.0 Å². The molecule has 1 N–H and O–H groups in total. The molecule has 0 saturated carbocycles. The minimum Gasteiger partial charge on any atom is -0.507 e. The molecule has 1 aliphatic heterocycles. The van der Waals surface area contributed by atoms with Crippen molar-refractivity contribution < 1.29 is 24.2 Å². The van der Waals surface area contributed by atoms with Crippen LogP contribution in [0.3, 0.4) is 0 Å². The van der Waals surface area contributed by atoms with Crippen LogP contribution in [0.1, 0.15) is 17.2 Å². The second-order valence-electron chi connectivity index (χ2n) is 7.34. The molecule has 0 aliphatic carbocycles. The first-order valence-electron chi connectivity index (χ1n) is 10.0. The second kappa shape index (κ2) is 9.58. The highest BCUT2D eigenvalue weighted by atomic mass is 35.5. The monoisotopic (exact) mass is 517 g/mol. The minimum absolute atomic E-state index is 0.0160. The predicted molar refractivity (Wildman–Crippen MR) is 132 cm³/mol. The quantitative estimate of drug-likeness (QED) is 0.244. The smallest absolute Gasteiger partial charge is 0.300 e. The van der Waals surface area contributed by atoms with Crippen molar-refractivity contribution in [3.05, 3.63) is 92.4 Å². The van der Waals surface area contributed by atoms with Gasteiger partial charge < -0.3 is 14.6 Å². The van der Waals surface area contributed by atoms with E-state index in [9.17, 15) is 14.7 Å². The van der Waals surface area contributed by atoms with Gasteiger partial charge in [-0.05, 0) is 35.9 Å². The zero-order chi connectivity index (χ0) is 24.6. The highest BCUT2D eigenvalue weighted by Gasteiger charge is 2.47. The lowest BCUT2D eigenvalue weighted by Crippen LogP contribution is -2.29. The lowest BCUT2D eigenvalue weighted by molar-refractivity contribution is -0.132. The van der Waals surface area contributed by atoms with Crippen LogP contribution < -0.4 is 14.4 Å². The fraction of sp³-hybridized carbons (Fsp3) is 0.120. The number of benzene rings is 3. The average molecular weight is 519 g/mol. The van der Waals surface area contributed by atoms with E-state index in [1.165, 1.54) is 25.2 Å². The molecule has 4 rings (SSSR count). The fourth-order valence-corrected chi connectivity index (χ4v) is 4.76.